The second-order valence-electron chi connectivity index (χ2n) is 3.50. The Morgan fingerprint density at radius 2 is 1.94 bits per heavy atom. The van der Waals surface area contributed by atoms with Gasteiger partial charge in [0, 0.05) is 12.7 Å². The number of hydrogen-bond donors (Lipinski definition) is 0. The van der Waals surface area contributed by atoms with Crippen molar-refractivity contribution in [3.05, 3.63) is 12.0 Å². The van der Waals surface area contributed by atoms with Crippen molar-refractivity contribution in [2.24, 2.45) is 0 Å². The molecule has 1 aromatic rings. The lowest BCUT2D eigenvalue weighted by Crippen LogP contribution is -2.32. The Morgan fingerprint density at radius 3 is 2.33 bits per heavy atom. The molecule has 0 saturated carbocycles. The van der Waals surface area contributed by atoms with Crippen molar-refractivity contribution in [1.82, 2.24) is 13.9 Å². The molecule has 1 rings (SSSR count). The van der Waals surface area contributed by atoms with Crippen LogP contribution < -0.4 is 0 Å². The average Bonchev–Trinajstić information content (AvgIpc) is 2.71. The fraction of sp³-hybridized carbons (Fsp3) is 0.500. The molecular weight excluding hydrogens is 254 g/mol. The van der Waals surface area contributed by atoms with Crippen molar-refractivity contribution < 1.29 is 8.42 Å². The molecule has 96 valence electrons. The van der Waals surface area contributed by atoms with Gasteiger partial charge in [-0.3, -0.25) is 0 Å². The first-order valence-corrected chi connectivity index (χ1v) is 6.69. The van der Waals surface area contributed by atoms with Gasteiger partial charge in [0.1, 0.15) is 18.9 Å². The molecule has 7 nitrogen and oxygen atoms in total. The molecule has 0 radical (unpaired) electrons. The van der Waals surface area contributed by atoms with E-state index < -0.39 is 10.0 Å². The highest BCUT2D eigenvalue weighted by atomic mass is 32.2. The van der Waals surface area contributed by atoms with Crippen LogP contribution in [-0.2, 0) is 16.6 Å². The molecular formula is C10H13N5O2S. The lowest BCUT2D eigenvalue weighted by Gasteiger charge is -2.13. The molecule has 1 aromatic heterocycles. The summed E-state index contributed by atoms with van der Waals surface area (Å²) in [5, 5.41) is 17.0. The molecule has 18 heavy (non-hydrogen) atoms. The standard InChI is InChI=1S/C10H13N5O2S/c1-3-14-8-10(13-9(14)2)18(16,17)15(6-4-11)7-5-12/h8H,3,6-7H2,1-2H3. The molecule has 0 unspecified atom stereocenters. The first-order valence-electron chi connectivity index (χ1n) is 5.25. The Bertz CT molecular complexity index is 589. The second-order valence-corrected chi connectivity index (χ2v) is 5.39. The van der Waals surface area contributed by atoms with Gasteiger partial charge in [-0.1, -0.05) is 0 Å². The van der Waals surface area contributed by atoms with Crippen LogP contribution in [0.3, 0.4) is 0 Å². The molecule has 0 saturated heterocycles. The third-order valence-electron chi connectivity index (χ3n) is 2.39. The Hall–Kier alpha value is -1.90. The molecule has 8 heteroatoms. The Kier molecular flexibility index (Phi) is 4.43. The summed E-state index contributed by atoms with van der Waals surface area (Å²) in [4.78, 5) is 3.95. The fourth-order valence-electron chi connectivity index (χ4n) is 1.44. The maximum atomic E-state index is 12.1. The zero-order valence-corrected chi connectivity index (χ0v) is 11.0. The zero-order valence-electron chi connectivity index (χ0n) is 10.2. The van der Waals surface area contributed by atoms with Crippen molar-refractivity contribution in [3.63, 3.8) is 0 Å². The molecule has 0 bridgehead atoms. The van der Waals surface area contributed by atoms with E-state index in [1.165, 1.54) is 6.20 Å². The van der Waals surface area contributed by atoms with Gasteiger partial charge in [-0.05, 0) is 13.8 Å². The molecule has 1 heterocycles. The minimum absolute atomic E-state index is 0.132. The smallest absolute Gasteiger partial charge is 0.263 e. The van der Waals surface area contributed by atoms with Gasteiger partial charge in [0.25, 0.3) is 10.0 Å². The summed E-state index contributed by atoms with van der Waals surface area (Å²) in [6, 6.07) is 3.45. The van der Waals surface area contributed by atoms with Gasteiger partial charge >= 0.3 is 0 Å². The third kappa shape index (κ3) is 2.67. The Labute approximate surface area is 106 Å². The van der Waals surface area contributed by atoms with E-state index in [9.17, 15) is 8.42 Å². The van der Waals surface area contributed by atoms with Crippen molar-refractivity contribution in [2.45, 2.75) is 25.4 Å². The highest BCUT2D eigenvalue weighted by molar-refractivity contribution is 7.89. The number of hydrogen-bond acceptors (Lipinski definition) is 5. The van der Waals surface area contributed by atoms with Gasteiger partial charge < -0.3 is 4.57 Å². The van der Waals surface area contributed by atoms with Crippen molar-refractivity contribution >= 4 is 10.0 Å². The quantitative estimate of drug-likeness (QED) is 0.711. The van der Waals surface area contributed by atoms with E-state index in [4.69, 9.17) is 10.5 Å². The molecule has 0 atom stereocenters. The molecule has 0 aliphatic carbocycles. The Morgan fingerprint density at radius 1 is 1.39 bits per heavy atom. The van der Waals surface area contributed by atoms with E-state index >= 15 is 0 Å². The van der Waals surface area contributed by atoms with Crippen LogP contribution >= 0.6 is 0 Å². The van der Waals surface area contributed by atoms with E-state index in [0.717, 1.165) is 4.31 Å². The van der Waals surface area contributed by atoms with Gasteiger partial charge in [0.15, 0.2) is 5.03 Å². The summed E-state index contributed by atoms with van der Waals surface area (Å²) in [5.41, 5.74) is 0. The summed E-state index contributed by atoms with van der Waals surface area (Å²) < 4.78 is 26.8. The van der Waals surface area contributed by atoms with Crippen LogP contribution in [0.1, 0.15) is 12.7 Å². The molecule has 0 aromatic carbocycles. The predicted molar refractivity (Wildman–Crippen MR) is 62.6 cm³/mol. The highest BCUT2D eigenvalue weighted by Crippen LogP contribution is 2.14. The zero-order chi connectivity index (χ0) is 13.8. The maximum absolute atomic E-state index is 12.1. The lowest BCUT2D eigenvalue weighted by molar-refractivity contribution is 0.476. The number of aromatic nitrogens is 2. The molecule has 0 N–H and O–H groups in total. The van der Waals surface area contributed by atoms with E-state index in [0.29, 0.717) is 12.4 Å². The van der Waals surface area contributed by atoms with E-state index in [2.05, 4.69) is 4.98 Å². The van der Waals surface area contributed by atoms with Gasteiger partial charge in [0.2, 0.25) is 0 Å². The summed E-state index contributed by atoms with van der Waals surface area (Å²) in [6.45, 7) is 3.43. The van der Waals surface area contributed by atoms with Crippen LogP contribution in [0.2, 0.25) is 0 Å². The van der Waals surface area contributed by atoms with Crippen molar-refractivity contribution in [2.75, 3.05) is 13.1 Å². The monoisotopic (exact) mass is 267 g/mol. The van der Waals surface area contributed by atoms with E-state index in [1.807, 2.05) is 6.92 Å². The summed E-state index contributed by atoms with van der Waals surface area (Å²) in [6.07, 6.45) is 1.41. The highest BCUT2D eigenvalue weighted by Gasteiger charge is 2.27. The van der Waals surface area contributed by atoms with E-state index in [-0.39, 0.29) is 18.1 Å². The molecule has 0 amide bonds. The number of nitriles is 2. The van der Waals surface area contributed by atoms with Gasteiger partial charge in [-0.15, -0.1) is 0 Å². The summed E-state index contributed by atoms with van der Waals surface area (Å²) in [5.74, 6) is 0.574. The number of sulfonamides is 1. The minimum atomic E-state index is -3.88. The van der Waals surface area contributed by atoms with Crippen LogP contribution in [0.5, 0.6) is 0 Å². The van der Waals surface area contributed by atoms with Crippen LogP contribution in [-0.4, -0.2) is 35.4 Å². The molecule has 0 aliphatic rings. The van der Waals surface area contributed by atoms with Gasteiger partial charge in [-0.2, -0.15) is 14.8 Å². The maximum Gasteiger partial charge on any atom is 0.263 e. The molecule has 0 aliphatic heterocycles. The summed E-state index contributed by atoms with van der Waals surface area (Å²) >= 11 is 0. The molecule has 0 fully saturated rings. The number of nitrogens with zero attached hydrogens (tertiary/aromatic N) is 5. The third-order valence-corrected chi connectivity index (χ3v) is 4.06. The second kappa shape index (κ2) is 5.63. The normalized spacial score (nSPS) is 11.2. The largest absolute Gasteiger partial charge is 0.334 e. The van der Waals surface area contributed by atoms with Gasteiger partial charge in [-0.25, -0.2) is 13.4 Å². The first kappa shape index (κ1) is 14.2. The fourth-order valence-corrected chi connectivity index (χ4v) is 2.67. The molecule has 0 spiro atoms. The number of aryl methyl sites for hydroxylation is 2. The lowest BCUT2D eigenvalue weighted by atomic mass is 10.6. The number of imidazole rings is 1. The van der Waals surface area contributed by atoms with Gasteiger partial charge in [0.05, 0.1) is 12.1 Å². The van der Waals surface area contributed by atoms with Crippen LogP contribution in [0.4, 0.5) is 0 Å². The minimum Gasteiger partial charge on any atom is -0.334 e. The summed E-state index contributed by atoms with van der Waals surface area (Å²) in [7, 11) is -3.88. The first-order chi connectivity index (χ1) is 8.47. The topological polar surface area (TPSA) is 103 Å². The SMILES string of the molecule is CCn1cc(S(=O)(=O)N(CC#N)CC#N)nc1C. The van der Waals surface area contributed by atoms with Crippen LogP contribution in [0, 0.1) is 29.6 Å². The van der Waals surface area contributed by atoms with Crippen molar-refractivity contribution in [1.29, 1.82) is 10.5 Å². The van der Waals surface area contributed by atoms with Crippen LogP contribution in [0.15, 0.2) is 11.2 Å². The van der Waals surface area contributed by atoms with E-state index in [1.54, 1.807) is 23.6 Å². The predicted octanol–water partition coefficient (Wildman–Crippen LogP) is 0.249. The van der Waals surface area contributed by atoms with Crippen LogP contribution in [0.25, 0.3) is 0 Å². The Balaban J connectivity index is 3.19. The average molecular weight is 267 g/mol. The van der Waals surface area contributed by atoms with Crippen molar-refractivity contribution in [3.8, 4) is 12.1 Å². The number of rotatable bonds is 5.